The highest BCUT2D eigenvalue weighted by molar-refractivity contribution is 7.89. The average molecular weight is 315 g/mol. The van der Waals surface area contributed by atoms with Gasteiger partial charge in [-0.25, -0.2) is 17.9 Å². The van der Waals surface area contributed by atoms with Crippen LogP contribution in [0.4, 0.5) is 0 Å². The molecule has 1 aliphatic rings. The highest BCUT2D eigenvalue weighted by atomic mass is 32.2. The molecule has 0 spiro atoms. The fourth-order valence-electron chi connectivity index (χ4n) is 2.81. The maximum absolute atomic E-state index is 12.1. The molecule has 1 aromatic heterocycles. The normalized spacial score (nSPS) is 16.4. The molecule has 0 aromatic carbocycles. The summed E-state index contributed by atoms with van der Waals surface area (Å²) in [5.41, 5.74) is 0. The Morgan fingerprint density at radius 2 is 2.10 bits per heavy atom. The van der Waals surface area contributed by atoms with E-state index in [4.69, 9.17) is 9.52 Å². The molecule has 118 valence electrons. The van der Waals surface area contributed by atoms with Crippen molar-refractivity contribution in [1.82, 2.24) is 4.72 Å². The SMILES string of the molecule is Cc1oc(C(=O)O)cc1S(=O)(=O)NCCCC1CCCC1. The second kappa shape index (κ2) is 6.62. The van der Waals surface area contributed by atoms with Crippen molar-refractivity contribution >= 4 is 16.0 Å². The minimum atomic E-state index is -3.71. The lowest BCUT2D eigenvalue weighted by atomic mass is 10.0. The van der Waals surface area contributed by atoms with Gasteiger partial charge in [-0.15, -0.1) is 0 Å². The van der Waals surface area contributed by atoms with E-state index in [-0.39, 0.29) is 16.4 Å². The van der Waals surface area contributed by atoms with Crippen LogP contribution in [0.15, 0.2) is 15.4 Å². The molecule has 1 aliphatic carbocycles. The number of furan rings is 1. The molecule has 0 aliphatic heterocycles. The van der Waals surface area contributed by atoms with E-state index in [0.717, 1.165) is 24.8 Å². The van der Waals surface area contributed by atoms with Crippen LogP contribution >= 0.6 is 0 Å². The van der Waals surface area contributed by atoms with Gasteiger partial charge < -0.3 is 9.52 Å². The van der Waals surface area contributed by atoms with Crippen molar-refractivity contribution < 1.29 is 22.7 Å². The fourth-order valence-corrected chi connectivity index (χ4v) is 4.06. The van der Waals surface area contributed by atoms with Gasteiger partial charge in [0.25, 0.3) is 0 Å². The lowest BCUT2D eigenvalue weighted by Crippen LogP contribution is -2.25. The van der Waals surface area contributed by atoms with Crippen molar-refractivity contribution in [2.24, 2.45) is 5.92 Å². The highest BCUT2D eigenvalue weighted by Crippen LogP contribution is 2.28. The van der Waals surface area contributed by atoms with Crippen molar-refractivity contribution in [2.75, 3.05) is 6.54 Å². The molecular weight excluding hydrogens is 294 g/mol. The van der Waals surface area contributed by atoms with E-state index in [9.17, 15) is 13.2 Å². The van der Waals surface area contributed by atoms with E-state index in [0.29, 0.717) is 6.54 Å². The molecule has 0 radical (unpaired) electrons. The van der Waals surface area contributed by atoms with Gasteiger partial charge >= 0.3 is 5.97 Å². The van der Waals surface area contributed by atoms with Gasteiger partial charge in [0.05, 0.1) is 0 Å². The van der Waals surface area contributed by atoms with E-state index in [1.807, 2.05) is 0 Å². The smallest absolute Gasteiger partial charge is 0.371 e. The van der Waals surface area contributed by atoms with Gasteiger partial charge in [-0.1, -0.05) is 25.7 Å². The number of carbonyl (C=O) groups is 1. The van der Waals surface area contributed by atoms with Gasteiger partial charge in [-0.05, 0) is 25.7 Å². The van der Waals surface area contributed by atoms with Gasteiger partial charge in [-0.3, -0.25) is 0 Å². The number of sulfonamides is 1. The maximum atomic E-state index is 12.1. The Balaban J connectivity index is 1.90. The van der Waals surface area contributed by atoms with Crippen molar-refractivity contribution in [1.29, 1.82) is 0 Å². The van der Waals surface area contributed by atoms with E-state index >= 15 is 0 Å². The molecule has 0 bridgehead atoms. The summed E-state index contributed by atoms with van der Waals surface area (Å²) in [6.07, 6.45) is 6.89. The molecule has 6 nitrogen and oxygen atoms in total. The topological polar surface area (TPSA) is 96.6 Å². The molecule has 0 amide bonds. The zero-order valence-electron chi connectivity index (χ0n) is 12.1. The molecule has 0 saturated heterocycles. The zero-order chi connectivity index (χ0) is 15.5. The maximum Gasteiger partial charge on any atom is 0.371 e. The second-order valence-electron chi connectivity index (χ2n) is 5.53. The summed E-state index contributed by atoms with van der Waals surface area (Å²) >= 11 is 0. The summed E-state index contributed by atoms with van der Waals surface area (Å²) in [5, 5.41) is 8.81. The summed E-state index contributed by atoms with van der Waals surface area (Å²) in [6, 6.07) is 1.05. The third kappa shape index (κ3) is 4.07. The molecule has 2 N–H and O–H groups in total. The Bertz CT molecular complexity index is 599. The third-order valence-corrected chi connectivity index (χ3v) is 5.50. The lowest BCUT2D eigenvalue weighted by molar-refractivity contribution is 0.0661. The van der Waals surface area contributed by atoms with Gasteiger partial charge in [-0.2, -0.15) is 0 Å². The molecule has 1 fully saturated rings. The Labute approximate surface area is 124 Å². The number of carboxylic acid groups (broad SMARTS) is 1. The molecule has 1 saturated carbocycles. The van der Waals surface area contributed by atoms with E-state index in [1.165, 1.54) is 32.6 Å². The van der Waals surface area contributed by atoms with Crippen LogP contribution in [-0.2, 0) is 10.0 Å². The standard InChI is InChI=1S/C14H21NO5S/c1-10-13(9-12(20-10)14(16)17)21(18,19)15-8-4-7-11-5-2-3-6-11/h9,11,15H,2-8H2,1H3,(H,16,17). The number of rotatable bonds is 7. The van der Waals surface area contributed by atoms with Gasteiger partial charge in [0.2, 0.25) is 15.8 Å². The van der Waals surface area contributed by atoms with Crippen molar-refractivity contribution in [3.63, 3.8) is 0 Å². The molecule has 7 heteroatoms. The van der Waals surface area contributed by atoms with Crippen LogP contribution in [0.3, 0.4) is 0 Å². The second-order valence-corrected chi connectivity index (χ2v) is 7.26. The summed E-state index contributed by atoms with van der Waals surface area (Å²) in [4.78, 5) is 10.7. The zero-order valence-corrected chi connectivity index (χ0v) is 12.9. The van der Waals surface area contributed by atoms with Crippen LogP contribution in [0.2, 0.25) is 0 Å². The van der Waals surface area contributed by atoms with Gasteiger partial charge in [0, 0.05) is 12.6 Å². The Kier molecular flexibility index (Phi) is 5.05. The number of hydrogen-bond donors (Lipinski definition) is 2. The summed E-state index contributed by atoms with van der Waals surface area (Å²) in [7, 11) is -3.71. The number of nitrogens with one attached hydrogen (secondary N) is 1. The number of hydrogen-bond acceptors (Lipinski definition) is 4. The van der Waals surface area contributed by atoms with Gasteiger partial charge in [0.1, 0.15) is 10.7 Å². The summed E-state index contributed by atoms with van der Waals surface area (Å²) in [5.74, 6) is -0.820. The summed E-state index contributed by atoms with van der Waals surface area (Å²) < 4.78 is 31.7. The molecule has 2 rings (SSSR count). The van der Waals surface area contributed by atoms with Crippen molar-refractivity contribution in [3.8, 4) is 0 Å². The van der Waals surface area contributed by atoms with Crippen LogP contribution in [-0.4, -0.2) is 26.0 Å². The van der Waals surface area contributed by atoms with Crippen LogP contribution in [0.25, 0.3) is 0 Å². The predicted octanol–water partition coefficient (Wildman–Crippen LogP) is 2.53. The van der Waals surface area contributed by atoms with Crippen LogP contribution < -0.4 is 4.72 Å². The minimum Gasteiger partial charge on any atom is -0.475 e. The average Bonchev–Trinajstić information content (AvgIpc) is 3.04. The van der Waals surface area contributed by atoms with E-state index < -0.39 is 16.0 Å². The van der Waals surface area contributed by atoms with Crippen molar-refractivity contribution in [3.05, 3.63) is 17.6 Å². The Morgan fingerprint density at radius 1 is 1.43 bits per heavy atom. The molecule has 1 aromatic rings. The van der Waals surface area contributed by atoms with Crippen LogP contribution in [0, 0.1) is 12.8 Å². The Hall–Kier alpha value is -1.34. The minimum absolute atomic E-state index is 0.0932. The molecule has 1 heterocycles. The first kappa shape index (κ1) is 16.0. The monoisotopic (exact) mass is 315 g/mol. The van der Waals surface area contributed by atoms with E-state index in [1.54, 1.807) is 0 Å². The fraction of sp³-hybridized carbons (Fsp3) is 0.643. The quantitative estimate of drug-likeness (QED) is 0.754. The van der Waals surface area contributed by atoms with Crippen LogP contribution in [0.1, 0.15) is 54.8 Å². The molecular formula is C14H21NO5S. The first-order valence-electron chi connectivity index (χ1n) is 7.23. The lowest BCUT2D eigenvalue weighted by Gasteiger charge is -2.09. The van der Waals surface area contributed by atoms with Gasteiger partial charge in [0.15, 0.2) is 0 Å². The third-order valence-electron chi connectivity index (χ3n) is 3.93. The number of aromatic carboxylic acids is 1. The number of aryl methyl sites for hydroxylation is 1. The van der Waals surface area contributed by atoms with Crippen LogP contribution in [0.5, 0.6) is 0 Å². The first-order chi connectivity index (χ1) is 9.90. The molecule has 0 atom stereocenters. The Morgan fingerprint density at radius 3 is 2.67 bits per heavy atom. The summed E-state index contributed by atoms with van der Waals surface area (Å²) in [6.45, 7) is 1.81. The predicted molar refractivity (Wildman–Crippen MR) is 76.8 cm³/mol. The number of carboxylic acids is 1. The molecule has 21 heavy (non-hydrogen) atoms. The van der Waals surface area contributed by atoms with E-state index in [2.05, 4.69) is 4.72 Å². The first-order valence-corrected chi connectivity index (χ1v) is 8.72. The highest BCUT2D eigenvalue weighted by Gasteiger charge is 2.23. The van der Waals surface area contributed by atoms with Crippen molar-refractivity contribution in [2.45, 2.75) is 50.3 Å². The molecule has 0 unspecified atom stereocenters. The largest absolute Gasteiger partial charge is 0.475 e.